The van der Waals surface area contributed by atoms with Crippen LogP contribution in [-0.4, -0.2) is 45.3 Å². The first kappa shape index (κ1) is 15.1. The highest BCUT2D eigenvalue weighted by molar-refractivity contribution is 5.44. The van der Waals surface area contributed by atoms with Gasteiger partial charge in [0.25, 0.3) is 0 Å². The van der Waals surface area contributed by atoms with E-state index in [0.717, 1.165) is 37.4 Å². The zero-order valence-electron chi connectivity index (χ0n) is 12.8. The predicted octanol–water partition coefficient (Wildman–Crippen LogP) is 2.45. The fraction of sp³-hybridized carbons (Fsp3) is 0.625. The molecule has 1 aliphatic heterocycles. The molecular formula is C16H26N2O2. The van der Waals surface area contributed by atoms with Crippen molar-refractivity contribution in [3.63, 3.8) is 0 Å². The van der Waals surface area contributed by atoms with Gasteiger partial charge in [0.05, 0.1) is 0 Å². The van der Waals surface area contributed by atoms with Crippen molar-refractivity contribution in [2.45, 2.75) is 25.8 Å². The molecule has 1 unspecified atom stereocenters. The van der Waals surface area contributed by atoms with Gasteiger partial charge in [-0.1, -0.05) is 13.0 Å². The average molecular weight is 278 g/mol. The second-order valence-electron chi connectivity index (χ2n) is 5.50. The number of fused-ring (bicyclic) bond motifs is 1. The van der Waals surface area contributed by atoms with Crippen molar-refractivity contribution in [3.05, 3.63) is 23.8 Å². The molecule has 1 aromatic carbocycles. The van der Waals surface area contributed by atoms with Crippen molar-refractivity contribution in [2.75, 3.05) is 40.4 Å². The Hall–Kier alpha value is -1.26. The van der Waals surface area contributed by atoms with Crippen molar-refractivity contribution in [1.82, 2.24) is 10.2 Å². The van der Waals surface area contributed by atoms with Crippen LogP contribution in [0.5, 0.6) is 11.5 Å². The molecule has 0 aromatic heterocycles. The normalized spacial score (nSPS) is 15.4. The van der Waals surface area contributed by atoms with Gasteiger partial charge in [0.15, 0.2) is 11.5 Å². The third-order valence-electron chi connectivity index (χ3n) is 3.47. The molecule has 2 rings (SSSR count). The zero-order chi connectivity index (χ0) is 14.4. The molecule has 20 heavy (non-hydrogen) atoms. The van der Waals surface area contributed by atoms with Crippen LogP contribution in [0.15, 0.2) is 18.2 Å². The van der Waals surface area contributed by atoms with E-state index in [1.807, 2.05) is 6.07 Å². The summed E-state index contributed by atoms with van der Waals surface area (Å²) in [6.07, 6.45) is 2.23. The van der Waals surface area contributed by atoms with Crippen LogP contribution in [0.2, 0.25) is 0 Å². The van der Waals surface area contributed by atoms with Crippen LogP contribution in [-0.2, 0) is 0 Å². The van der Waals surface area contributed by atoms with E-state index in [2.05, 4.69) is 43.4 Å². The molecule has 1 aliphatic rings. The van der Waals surface area contributed by atoms with Crippen molar-refractivity contribution >= 4 is 0 Å². The van der Waals surface area contributed by atoms with E-state index in [4.69, 9.17) is 9.47 Å². The third-order valence-corrected chi connectivity index (χ3v) is 3.47. The molecular weight excluding hydrogens is 252 g/mol. The summed E-state index contributed by atoms with van der Waals surface area (Å²) >= 11 is 0. The molecule has 0 saturated carbocycles. The Morgan fingerprint density at radius 2 is 1.95 bits per heavy atom. The number of ether oxygens (including phenoxy) is 2. The standard InChI is InChI=1S/C16H26N2O2/c1-4-8-17-14(7-9-18(2)3)13-5-6-15-16(12-13)20-11-10-19-15/h5-6,12,14,17H,4,7-11H2,1-3H3. The molecule has 112 valence electrons. The van der Waals surface area contributed by atoms with Gasteiger partial charge in [0.2, 0.25) is 0 Å². The molecule has 0 amide bonds. The number of nitrogens with zero attached hydrogens (tertiary/aromatic N) is 1. The third kappa shape index (κ3) is 4.12. The van der Waals surface area contributed by atoms with E-state index in [9.17, 15) is 0 Å². The van der Waals surface area contributed by atoms with E-state index in [-0.39, 0.29) is 0 Å². The van der Waals surface area contributed by atoms with Crippen LogP contribution in [0.1, 0.15) is 31.4 Å². The summed E-state index contributed by atoms with van der Waals surface area (Å²) in [5.74, 6) is 1.74. The maximum atomic E-state index is 5.68. The minimum Gasteiger partial charge on any atom is -0.486 e. The van der Waals surface area contributed by atoms with Gasteiger partial charge in [-0.15, -0.1) is 0 Å². The number of hydrogen-bond acceptors (Lipinski definition) is 4. The molecule has 0 saturated heterocycles. The zero-order valence-corrected chi connectivity index (χ0v) is 12.8. The summed E-state index contributed by atoms with van der Waals surface area (Å²) in [6, 6.07) is 6.67. The lowest BCUT2D eigenvalue weighted by Crippen LogP contribution is -2.26. The summed E-state index contributed by atoms with van der Waals surface area (Å²) in [5, 5.41) is 3.62. The summed E-state index contributed by atoms with van der Waals surface area (Å²) in [5.41, 5.74) is 1.28. The van der Waals surface area contributed by atoms with E-state index in [0.29, 0.717) is 19.3 Å². The minimum atomic E-state index is 0.369. The van der Waals surface area contributed by atoms with Crippen molar-refractivity contribution in [1.29, 1.82) is 0 Å². The molecule has 4 heteroatoms. The Bertz CT molecular complexity index is 421. The van der Waals surface area contributed by atoms with Gasteiger partial charge in [-0.05, 0) is 57.7 Å². The molecule has 0 bridgehead atoms. The monoisotopic (exact) mass is 278 g/mol. The van der Waals surface area contributed by atoms with E-state index in [1.165, 1.54) is 5.56 Å². The van der Waals surface area contributed by atoms with Crippen LogP contribution in [0.25, 0.3) is 0 Å². The second kappa shape index (κ2) is 7.50. The van der Waals surface area contributed by atoms with E-state index >= 15 is 0 Å². The predicted molar refractivity (Wildman–Crippen MR) is 81.6 cm³/mol. The minimum absolute atomic E-state index is 0.369. The van der Waals surface area contributed by atoms with Crippen LogP contribution in [0, 0.1) is 0 Å². The lowest BCUT2D eigenvalue weighted by Gasteiger charge is -2.24. The van der Waals surface area contributed by atoms with Crippen LogP contribution >= 0.6 is 0 Å². The van der Waals surface area contributed by atoms with Gasteiger partial charge < -0.3 is 19.7 Å². The number of benzene rings is 1. The first-order chi connectivity index (χ1) is 9.70. The molecule has 0 radical (unpaired) electrons. The van der Waals surface area contributed by atoms with Crippen molar-refractivity contribution in [3.8, 4) is 11.5 Å². The van der Waals surface area contributed by atoms with Gasteiger partial charge >= 0.3 is 0 Å². The van der Waals surface area contributed by atoms with Gasteiger partial charge in [0, 0.05) is 6.04 Å². The lowest BCUT2D eigenvalue weighted by molar-refractivity contribution is 0.171. The Morgan fingerprint density at radius 3 is 2.65 bits per heavy atom. The Balaban J connectivity index is 2.10. The first-order valence-corrected chi connectivity index (χ1v) is 7.48. The molecule has 1 heterocycles. The van der Waals surface area contributed by atoms with Crippen LogP contribution in [0.3, 0.4) is 0 Å². The lowest BCUT2D eigenvalue weighted by atomic mass is 10.0. The SMILES string of the molecule is CCCNC(CCN(C)C)c1ccc2c(c1)OCCO2. The smallest absolute Gasteiger partial charge is 0.161 e. The average Bonchev–Trinajstić information content (AvgIpc) is 2.46. The molecule has 1 atom stereocenters. The van der Waals surface area contributed by atoms with Crippen molar-refractivity contribution < 1.29 is 9.47 Å². The molecule has 0 aliphatic carbocycles. The molecule has 1 aromatic rings. The Labute approximate surface area is 122 Å². The molecule has 4 nitrogen and oxygen atoms in total. The Morgan fingerprint density at radius 1 is 1.20 bits per heavy atom. The Kier molecular flexibility index (Phi) is 5.68. The maximum absolute atomic E-state index is 5.68. The first-order valence-electron chi connectivity index (χ1n) is 7.48. The topological polar surface area (TPSA) is 33.7 Å². The summed E-state index contributed by atoms with van der Waals surface area (Å²) in [6.45, 7) is 5.58. The van der Waals surface area contributed by atoms with E-state index in [1.54, 1.807) is 0 Å². The number of nitrogens with one attached hydrogen (secondary N) is 1. The van der Waals surface area contributed by atoms with Crippen LogP contribution < -0.4 is 14.8 Å². The van der Waals surface area contributed by atoms with Gasteiger partial charge in [-0.3, -0.25) is 0 Å². The number of rotatable bonds is 7. The maximum Gasteiger partial charge on any atom is 0.161 e. The highest BCUT2D eigenvalue weighted by atomic mass is 16.6. The highest BCUT2D eigenvalue weighted by Gasteiger charge is 2.16. The largest absolute Gasteiger partial charge is 0.486 e. The highest BCUT2D eigenvalue weighted by Crippen LogP contribution is 2.33. The summed E-state index contributed by atoms with van der Waals surface area (Å²) < 4.78 is 11.3. The second-order valence-corrected chi connectivity index (χ2v) is 5.50. The van der Waals surface area contributed by atoms with E-state index < -0.39 is 0 Å². The summed E-state index contributed by atoms with van der Waals surface area (Å²) in [4.78, 5) is 2.22. The van der Waals surface area contributed by atoms with Gasteiger partial charge in [-0.2, -0.15) is 0 Å². The summed E-state index contributed by atoms with van der Waals surface area (Å²) in [7, 11) is 4.22. The molecule has 0 spiro atoms. The molecule has 0 fully saturated rings. The molecule has 1 N–H and O–H groups in total. The van der Waals surface area contributed by atoms with Crippen molar-refractivity contribution in [2.24, 2.45) is 0 Å². The quantitative estimate of drug-likeness (QED) is 0.830. The van der Waals surface area contributed by atoms with Crippen LogP contribution in [0.4, 0.5) is 0 Å². The van der Waals surface area contributed by atoms with Gasteiger partial charge in [-0.25, -0.2) is 0 Å². The van der Waals surface area contributed by atoms with Gasteiger partial charge in [0.1, 0.15) is 13.2 Å². The number of hydrogen-bond donors (Lipinski definition) is 1. The fourth-order valence-corrected chi connectivity index (χ4v) is 2.37. The fourth-order valence-electron chi connectivity index (χ4n) is 2.37.